The predicted molar refractivity (Wildman–Crippen MR) is 71.7 cm³/mol. The molecule has 2 heterocycles. The van der Waals surface area contributed by atoms with Gasteiger partial charge in [-0.3, -0.25) is 13.9 Å². The number of nitrogens with one attached hydrogen (secondary N) is 1. The van der Waals surface area contributed by atoms with E-state index in [-0.39, 0.29) is 21.8 Å². The highest BCUT2D eigenvalue weighted by Gasteiger charge is 2.18. The Labute approximate surface area is 111 Å². The number of hydrogen-bond donors (Lipinski definition) is 3. The molecule has 0 aromatic carbocycles. The average Bonchev–Trinajstić information content (AvgIpc) is 2.68. The first-order valence-corrected chi connectivity index (χ1v) is 5.47. The normalized spacial score (nSPS) is 11.5. The van der Waals surface area contributed by atoms with E-state index in [9.17, 15) is 14.7 Å². The van der Waals surface area contributed by atoms with E-state index >= 15 is 0 Å². The Morgan fingerprint density at radius 3 is 2.58 bits per heavy atom. The monoisotopic (exact) mass is 282 g/mol. The number of aromatic nitrogens is 3. The van der Waals surface area contributed by atoms with Crippen molar-refractivity contribution in [1.82, 2.24) is 14.1 Å². The van der Waals surface area contributed by atoms with E-state index in [4.69, 9.17) is 5.73 Å². The predicted octanol–water partition coefficient (Wildman–Crippen LogP) is -0.402. The third kappa shape index (κ3) is 1.91. The number of H-pyrrole nitrogens is 1. The Balaban J connectivity index is 2.95. The van der Waals surface area contributed by atoms with Gasteiger partial charge in [-0.05, 0) is 12.2 Å². The van der Waals surface area contributed by atoms with Gasteiger partial charge in [0.15, 0.2) is 5.69 Å². The topological polar surface area (TPSA) is 131 Å². The summed E-state index contributed by atoms with van der Waals surface area (Å²) in [5.74, 6) is -0.395. The highest BCUT2D eigenvalue weighted by Crippen LogP contribution is 2.32. The minimum absolute atomic E-state index is 0.0297. The molecule has 0 aliphatic carbocycles. The van der Waals surface area contributed by atoms with E-state index in [2.05, 4.69) is 27.4 Å². The Morgan fingerprint density at radius 2 is 2.00 bits per heavy atom. The van der Waals surface area contributed by atoms with Crippen LogP contribution in [0.25, 0.3) is 11.0 Å². The Kier molecular flexibility index (Phi) is 2.94. The van der Waals surface area contributed by atoms with Gasteiger partial charge in [0.1, 0.15) is 11.0 Å². The molecule has 2 rings (SSSR count). The highest BCUT2D eigenvalue weighted by atomic mass is 32.1. The van der Waals surface area contributed by atoms with E-state index < -0.39 is 17.1 Å². The van der Waals surface area contributed by atoms with Crippen molar-refractivity contribution in [2.45, 2.75) is 0 Å². The molecule has 0 bridgehead atoms. The molecule has 0 unspecified atom stereocenters. The number of fused-ring (bicyclic) bond motifs is 1. The molecule has 0 fully saturated rings. The summed E-state index contributed by atoms with van der Waals surface area (Å²) in [5, 5.41) is 16.5. The second-order valence-corrected chi connectivity index (χ2v) is 4.21. The SMILES string of the molecule is Cn1c(=O)c2c(N=NC(N)=S)c(O)[nH]c2n(C)c1=O. The van der Waals surface area contributed by atoms with Crippen LogP contribution in [0.4, 0.5) is 5.69 Å². The molecule has 4 N–H and O–H groups in total. The van der Waals surface area contributed by atoms with Crippen LogP contribution in [-0.2, 0) is 14.1 Å². The number of nitrogens with zero attached hydrogens (tertiary/aromatic N) is 4. The number of rotatable bonds is 1. The molecule has 9 nitrogen and oxygen atoms in total. The van der Waals surface area contributed by atoms with Crippen LogP contribution in [0.15, 0.2) is 19.8 Å². The maximum absolute atomic E-state index is 12.0. The summed E-state index contributed by atoms with van der Waals surface area (Å²) in [7, 11) is 2.77. The van der Waals surface area contributed by atoms with Gasteiger partial charge >= 0.3 is 5.69 Å². The number of hydrogen-bond acceptors (Lipinski definition) is 5. The van der Waals surface area contributed by atoms with Gasteiger partial charge in [-0.15, -0.1) is 10.2 Å². The van der Waals surface area contributed by atoms with Gasteiger partial charge in [-0.25, -0.2) is 4.79 Å². The summed E-state index contributed by atoms with van der Waals surface area (Å²) in [5.41, 5.74) is 4.06. The van der Waals surface area contributed by atoms with E-state index in [1.165, 1.54) is 18.7 Å². The summed E-state index contributed by atoms with van der Waals surface area (Å²) >= 11 is 4.53. The molecule has 0 atom stereocenters. The van der Waals surface area contributed by atoms with Crippen LogP contribution < -0.4 is 17.0 Å². The fourth-order valence-electron chi connectivity index (χ4n) is 1.69. The van der Waals surface area contributed by atoms with Crippen LogP contribution in [0.5, 0.6) is 5.88 Å². The van der Waals surface area contributed by atoms with Gasteiger partial charge in [0.25, 0.3) is 5.56 Å². The Hall–Kier alpha value is -2.49. The van der Waals surface area contributed by atoms with E-state index in [0.29, 0.717) is 0 Å². The van der Waals surface area contributed by atoms with Crippen molar-refractivity contribution in [3.63, 3.8) is 0 Å². The second kappa shape index (κ2) is 4.31. The molecule has 0 radical (unpaired) electrons. The average molecular weight is 282 g/mol. The lowest BCUT2D eigenvalue weighted by Gasteiger charge is -2.02. The van der Waals surface area contributed by atoms with E-state index in [1.807, 2.05) is 0 Å². The van der Waals surface area contributed by atoms with E-state index in [1.54, 1.807) is 0 Å². The molecule has 100 valence electrons. The number of nitrogens with two attached hydrogens (primary N) is 1. The second-order valence-electron chi connectivity index (χ2n) is 3.79. The molecule has 0 spiro atoms. The summed E-state index contributed by atoms with van der Waals surface area (Å²) in [6.45, 7) is 0. The minimum atomic E-state index is -0.605. The lowest BCUT2D eigenvalue weighted by Crippen LogP contribution is -2.36. The fraction of sp³-hybridized carbons (Fsp3) is 0.222. The largest absolute Gasteiger partial charge is 0.493 e. The van der Waals surface area contributed by atoms with Crippen LogP contribution in [0.2, 0.25) is 0 Å². The molecule has 0 aliphatic heterocycles. The van der Waals surface area contributed by atoms with Gasteiger partial charge < -0.3 is 15.8 Å². The standard InChI is InChI=1S/C9H10N6O3S/c1-14-5-3(7(17)15(2)9(14)18)4(6(16)11-5)12-13-8(10)19/h11,16H,1-2H3,(H2,10,19). The first-order valence-electron chi connectivity index (χ1n) is 5.06. The van der Waals surface area contributed by atoms with Gasteiger partial charge in [-0.2, -0.15) is 0 Å². The first-order chi connectivity index (χ1) is 8.84. The van der Waals surface area contributed by atoms with Crippen molar-refractivity contribution in [2.75, 3.05) is 0 Å². The molecule has 0 amide bonds. The van der Waals surface area contributed by atoms with Crippen molar-refractivity contribution < 1.29 is 5.11 Å². The van der Waals surface area contributed by atoms with Gasteiger partial charge in [0.05, 0.1) is 0 Å². The van der Waals surface area contributed by atoms with Crippen molar-refractivity contribution >= 4 is 34.1 Å². The quantitative estimate of drug-likeness (QED) is 0.483. The van der Waals surface area contributed by atoms with Crippen LogP contribution in [0.1, 0.15) is 0 Å². The molecule has 0 saturated carbocycles. The summed E-state index contributed by atoms with van der Waals surface area (Å²) in [6, 6.07) is 0. The maximum Gasteiger partial charge on any atom is 0.332 e. The minimum Gasteiger partial charge on any atom is -0.493 e. The number of azo groups is 1. The highest BCUT2D eigenvalue weighted by molar-refractivity contribution is 7.80. The zero-order valence-corrected chi connectivity index (χ0v) is 10.9. The zero-order valence-electron chi connectivity index (χ0n) is 10.0. The maximum atomic E-state index is 12.0. The molecule has 0 saturated heterocycles. The van der Waals surface area contributed by atoms with Gasteiger partial charge in [0, 0.05) is 14.1 Å². The van der Waals surface area contributed by atoms with Gasteiger partial charge in [-0.1, -0.05) is 0 Å². The van der Waals surface area contributed by atoms with Gasteiger partial charge in [0.2, 0.25) is 11.0 Å². The molecule has 2 aromatic rings. The molecule has 0 aliphatic rings. The van der Waals surface area contributed by atoms with Crippen molar-refractivity contribution in [2.24, 2.45) is 30.1 Å². The Bertz CT molecular complexity index is 827. The summed E-state index contributed by atoms with van der Waals surface area (Å²) in [6.07, 6.45) is 0. The molecule has 2 aromatic heterocycles. The smallest absolute Gasteiger partial charge is 0.332 e. The molecule has 19 heavy (non-hydrogen) atoms. The van der Waals surface area contributed by atoms with Crippen LogP contribution in [0, 0.1) is 0 Å². The fourth-order valence-corrected chi connectivity index (χ4v) is 1.73. The number of aromatic hydroxyl groups is 1. The van der Waals surface area contributed by atoms with Crippen LogP contribution >= 0.6 is 12.2 Å². The third-order valence-corrected chi connectivity index (χ3v) is 2.69. The molecular weight excluding hydrogens is 272 g/mol. The summed E-state index contributed by atoms with van der Waals surface area (Å²) < 4.78 is 2.08. The van der Waals surface area contributed by atoms with Crippen LogP contribution in [-0.4, -0.2) is 24.3 Å². The Morgan fingerprint density at radius 1 is 1.37 bits per heavy atom. The lowest BCUT2D eigenvalue weighted by molar-refractivity contribution is 0.459. The first kappa shape index (κ1) is 13.0. The van der Waals surface area contributed by atoms with Crippen molar-refractivity contribution in [3.05, 3.63) is 20.8 Å². The van der Waals surface area contributed by atoms with E-state index in [0.717, 1.165) is 4.57 Å². The van der Waals surface area contributed by atoms with Crippen molar-refractivity contribution in [1.29, 1.82) is 0 Å². The van der Waals surface area contributed by atoms with Crippen LogP contribution in [0.3, 0.4) is 0 Å². The van der Waals surface area contributed by atoms with Crippen molar-refractivity contribution in [3.8, 4) is 5.88 Å². The number of aryl methyl sites for hydroxylation is 1. The number of thiocarbonyl (C=S) groups is 1. The summed E-state index contributed by atoms with van der Waals surface area (Å²) in [4.78, 5) is 26.2. The lowest BCUT2D eigenvalue weighted by atomic mass is 10.3. The number of aromatic amines is 1. The molecular formula is C9H10N6O3S. The zero-order chi connectivity index (χ0) is 14.3. The third-order valence-electron chi connectivity index (χ3n) is 2.61. The molecule has 10 heteroatoms.